The van der Waals surface area contributed by atoms with Crippen LogP contribution in [0.25, 0.3) is 0 Å². The number of benzene rings is 1. The van der Waals surface area contributed by atoms with E-state index in [1.54, 1.807) is 6.07 Å². The Bertz CT molecular complexity index is 428. The van der Waals surface area contributed by atoms with E-state index in [0.29, 0.717) is 11.4 Å². The first-order valence-corrected chi connectivity index (χ1v) is 6.97. The molecule has 1 aromatic rings. The SMILES string of the molecule is CCCCOC1CC(C(=O)Nc2ccccc2N)C1. The lowest BCUT2D eigenvalue weighted by atomic mass is 9.81. The molecule has 3 N–H and O–H groups in total. The van der Waals surface area contributed by atoms with Gasteiger partial charge in [0.2, 0.25) is 5.91 Å². The summed E-state index contributed by atoms with van der Waals surface area (Å²) in [6, 6.07) is 7.32. The topological polar surface area (TPSA) is 64.3 Å². The van der Waals surface area contributed by atoms with Crippen LogP contribution in [0.1, 0.15) is 32.6 Å². The van der Waals surface area contributed by atoms with Crippen LogP contribution in [0.5, 0.6) is 0 Å². The average molecular weight is 262 g/mol. The number of amides is 1. The molecule has 2 rings (SSSR count). The van der Waals surface area contributed by atoms with Crippen LogP contribution >= 0.6 is 0 Å². The van der Waals surface area contributed by atoms with Crippen LogP contribution in [0.3, 0.4) is 0 Å². The molecule has 0 atom stereocenters. The Morgan fingerprint density at radius 2 is 2.16 bits per heavy atom. The predicted octanol–water partition coefficient (Wildman–Crippen LogP) is 2.80. The van der Waals surface area contributed by atoms with Crippen LogP contribution < -0.4 is 11.1 Å². The van der Waals surface area contributed by atoms with Crippen LogP contribution in [0, 0.1) is 5.92 Å². The van der Waals surface area contributed by atoms with Crippen molar-refractivity contribution in [3.8, 4) is 0 Å². The fourth-order valence-corrected chi connectivity index (χ4v) is 2.16. The number of hydrogen-bond acceptors (Lipinski definition) is 3. The second-order valence-electron chi connectivity index (χ2n) is 5.09. The maximum Gasteiger partial charge on any atom is 0.227 e. The summed E-state index contributed by atoms with van der Waals surface area (Å²) >= 11 is 0. The zero-order valence-electron chi connectivity index (χ0n) is 11.4. The Morgan fingerprint density at radius 3 is 2.84 bits per heavy atom. The molecule has 1 aliphatic rings. The normalized spacial score (nSPS) is 21.7. The minimum atomic E-state index is 0.0493. The largest absolute Gasteiger partial charge is 0.397 e. The van der Waals surface area contributed by atoms with Crippen LogP contribution in [-0.2, 0) is 9.53 Å². The molecule has 0 radical (unpaired) electrons. The first-order chi connectivity index (χ1) is 9.20. The number of nitrogen functional groups attached to an aromatic ring is 1. The Hall–Kier alpha value is -1.55. The smallest absolute Gasteiger partial charge is 0.227 e. The van der Waals surface area contributed by atoms with E-state index < -0.39 is 0 Å². The fraction of sp³-hybridized carbons (Fsp3) is 0.533. The summed E-state index contributed by atoms with van der Waals surface area (Å²) in [7, 11) is 0. The molecule has 1 amide bonds. The van der Waals surface area contributed by atoms with Crippen molar-refractivity contribution in [3.63, 3.8) is 0 Å². The number of unbranched alkanes of at least 4 members (excludes halogenated alkanes) is 1. The first kappa shape index (κ1) is 13.9. The summed E-state index contributed by atoms with van der Waals surface area (Å²) < 4.78 is 5.67. The van der Waals surface area contributed by atoms with Gasteiger partial charge in [-0.3, -0.25) is 4.79 Å². The molecule has 1 aromatic carbocycles. The van der Waals surface area contributed by atoms with Crippen LogP contribution in [0.2, 0.25) is 0 Å². The van der Waals surface area contributed by atoms with E-state index in [2.05, 4.69) is 12.2 Å². The van der Waals surface area contributed by atoms with Gasteiger partial charge in [0.05, 0.1) is 17.5 Å². The summed E-state index contributed by atoms with van der Waals surface area (Å²) in [5, 5.41) is 2.88. The van der Waals surface area contributed by atoms with Gasteiger partial charge in [-0.1, -0.05) is 25.5 Å². The number of carbonyl (C=O) groups excluding carboxylic acids is 1. The molecule has 1 saturated carbocycles. The second kappa shape index (κ2) is 6.57. The fourth-order valence-electron chi connectivity index (χ4n) is 2.16. The number of nitrogens with two attached hydrogens (primary N) is 1. The standard InChI is InChI=1S/C15H22N2O2/c1-2-3-8-19-12-9-11(10-12)15(18)17-14-7-5-4-6-13(14)16/h4-7,11-12H,2-3,8-10,16H2,1H3,(H,17,18). The third kappa shape index (κ3) is 3.70. The van der Waals surface area contributed by atoms with Crippen molar-refractivity contribution in [2.45, 2.75) is 38.7 Å². The van der Waals surface area contributed by atoms with Gasteiger partial charge in [0, 0.05) is 12.5 Å². The summed E-state index contributed by atoms with van der Waals surface area (Å²) in [6.45, 7) is 2.95. The van der Waals surface area contributed by atoms with E-state index in [-0.39, 0.29) is 17.9 Å². The van der Waals surface area contributed by atoms with Crippen LogP contribution in [0.15, 0.2) is 24.3 Å². The molecular formula is C15H22N2O2. The molecular weight excluding hydrogens is 240 g/mol. The molecule has 0 aromatic heterocycles. The van der Waals surface area contributed by atoms with Gasteiger partial charge in [-0.05, 0) is 31.4 Å². The number of para-hydroxylation sites is 2. The number of hydrogen-bond donors (Lipinski definition) is 2. The van der Waals surface area contributed by atoms with Gasteiger partial charge in [-0.25, -0.2) is 0 Å². The van der Waals surface area contributed by atoms with Gasteiger partial charge < -0.3 is 15.8 Å². The van der Waals surface area contributed by atoms with E-state index in [1.165, 1.54) is 0 Å². The molecule has 1 fully saturated rings. The molecule has 4 heteroatoms. The average Bonchev–Trinajstić information content (AvgIpc) is 2.35. The molecule has 4 nitrogen and oxygen atoms in total. The van der Waals surface area contributed by atoms with Gasteiger partial charge in [0.25, 0.3) is 0 Å². The summed E-state index contributed by atoms with van der Waals surface area (Å²) in [5.74, 6) is 0.111. The van der Waals surface area contributed by atoms with E-state index in [0.717, 1.165) is 32.3 Å². The molecule has 0 heterocycles. The molecule has 19 heavy (non-hydrogen) atoms. The minimum absolute atomic E-state index is 0.0493. The van der Waals surface area contributed by atoms with E-state index >= 15 is 0 Å². The van der Waals surface area contributed by atoms with Crippen LogP contribution in [0.4, 0.5) is 11.4 Å². The molecule has 0 saturated heterocycles. The van der Waals surface area contributed by atoms with Gasteiger partial charge in [0.15, 0.2) is 0 Å². The van der Waals surface area contributed by atoms with Crippen molar-refractivity contribution in [1.82, 2.24) is 0 Å². The highest BCUT2D eigenvalue weighted by molar-refractivity contribution is 5.95. The maximum absolute atomic E-state index is 12.0. The lowest BCUT2D eigenvalue weighted by Gasteiger charge is -2.34. The number of nitrogens with one attached hydrogen (secondary N) is 1. The van der Waals surface area contributed by atoms with E-state index in [9.17, 15) is 4.79 Å². The first-order valence-electron chi connectivity index (χ1n) is 6.97. The molecule has 0 unspecified atom stereocenters. The van der Waals surface area contributed by atoms with Crippen molar-refractivity contribution in [2.24, 2.45) is 5.92 Å². The number of ether oxygens (including phenoxy) is 1. The van der Waals surface area contributed by atoms with Gasteiger partial charge in [0.1, 0.15) is 0 Å². The van der Waals surface area contributed by atoms with Crippen LogP contribution in [-0.4, -0.2) is 18.6 Å². The number of rotatable bonds is 6. The Balaban J connectivity index is 1.73. The molecule has 1 aliphatic carbocycles. The molecule has 0 bridgehead atoms. The zero-order chi connectivity index (χ0) is 13.7. The lowest BCUT2D eigenvalue weighted by molar-refractivity contribution is -0.128. The number of carbonyl (C=O) groups is 1. The minimum Gasteiger partial charge on any atom is -0.397 e. The van der Waals surface area contributed by atoms with Crippen molar-refractivity contribution in [1.29, 1.82) is 0 Å². The summed E-state index contributed by atoms with van der Waals surface area (Å²) in [5.41, 5.74) is 7.10. The maximum atomic E-state index is 12.0. The van der Waals surface area contributed by atoms with E-state index in [4.69, 9.17) is 10.5 Å². The molecule has 0 aliphatic heterocycles. The van der Waals surface area contributed by atoms with Gasteiger partial charge in [-0.2, -0.15) is 0 Å². The van der Waals surface area contributed by atoms with Gasteiger partial charge >= 0.3 is 0 Å². The van der Waals surface area contributed by atoms with E-state index in [1.807, 2.05) is 18.2 Å². The second-order valence-corrected chi connectivity index (χ2v) is 5.09. The third-order valence-corrected chi connectivity index (χ3v) is 3.54. The highest BCUT2D eigenvalue weighted by Crippen LogP contribution is 2.31. The summed E-state index contributed by atoms with van der Waals surface area (Å²) in [6.07, 6.45) is 4.14. The van der Waals surface area contributed by atoms with Gasteiger partial charge in [-0.15, -0.1) is 0 Å². The quantitative estimate of drug-likeness (QED) is 0.612. The van der Waals surface area contributed by atoms with Crippen molar-refractivity contribution >= 4 is 17.3 Å². The Labute approximate surface area is 114 Å². The lowest BCUT2D eigenvalue weighted by Crippen LogP contribution is -2.39. The highest BCUT2D eigenvalue weighted by Gasteiger charge is 2.35. The predicted molar refractivity (Wildman–Crippen MR) is 76.9 cm³/mol. The van der Waals surface area contributed by atoms with Crippen molar-refractivity contribution < 1.29 is 9.53 Å². The number of anilines is 2. The third-order valence-electron chi connectivity index (χ3n) is 3.54. The van der Waals surface area contributed by atoms with Crippen molar-refractivity contribution in [2.75, 3.05) is 17.7 Å². The molecule has 104 valence electrons. The highest BCUT2D eigenvalue weighted by atomic mass is 16.5. The zero-order valence-corrected chi connectivity index (χ0v) is 11.4. The van der Waals surface area contributed by atoms with Crippen molar-refractivity contribution in [3.05, 3.63) is 24.3 Å². The molecule has 0 spiro atoms. The monoisotopic (exact) mass is 262 g/mol. The summed E-state index contributed by atoms with van der Waals surface area (Å²) in [4.78, 5) is 12.0. The Morgan fingerprint density at radius 1 is 1.42 bits per heavy atom. The Kier molecular flexibility index (Phi) is 4.80.